The lowest BCUT2D eigenvalue weighted by molar-refractivity contribution is -0.139. The second kappa shape index (κ2) is 7.42. The van der Waals surface area contributed by atoms with Crippen LogP contribution in [-0.2, 0) is 11.2 Å². The molecule has 3 aromatic carbocycles. The van der Waals surface area contributed by atoms with Crippen LogP contribution in [0.4, 0.5) is 17.1 Å². The van der Waals surface area contributed by atoms with Gasteiger partial charge in [0.2, 0.25) is 0 Å². The first-order chi connectivity index (χ1) is 13.7. The van der Waals surface area contributed by atoms with E-state index in [1.54, 1.807) is 0 Å². The Balaban J connectivity index is 1.76. The van der Waals surface area contributed by atoms with Crippen LogP contribution in [0.3, 0.4) is 0 Å². The van der Waals surface area contributed by atoms with Crippen molar-refractivity contribution in [1.29, 1.82) is 5.26 Å². The van der Waals surface area contributed by atoms with Gasteiger partial charge in [0.05, 0.1) is 17.4 Å². The molecule has 0 aromatic heterocycles. The van der Waals surface area contributed by atoms with Crippen molar-refractivity contribution in [2.75, 3.05) is 4.90 Å². The van der Waals surface area contributed by atoms with Gasteiger partial charge in [0.25, 0.3) is 0 Å². The fourth-order valence-electron chi connectivity index (χ4n) is 3.46. The molecule has 0 fully saturated rings. The van der Waals surface area contributed by atoms with E-state index in [9.17, 15) is 4.79 Å². The molecule has 1 N–H and O–H groups in total. The van der Waals surface area contributed by atoms with Gasteiger partial charge in [-0.05, 0) is 47.4 Å². The summed E-state index contributed by atoms with van der Waals surface area (Å²) in [5.74, 6) is -2.12. The van der Waals surface area contributed by atoms with Crippen molar-refractivity contribution in [3.05, 3.63) is 89.5 Å². The van der Waals surface area contributed by atoms with E-state index in [-0.39, 0.29) is 6.42 Å². The molecule has 0 aliphatic carbocycles. The third kappa shape index (κ3) is 3.26. The predicted molar refractivity (Wildman–Crippen MR) is 110 cm³/mol. The highest BCUT2D eigenvalue weighted by Crippen LogP contribution is 2.41. The molecular weight excluding hydrogens is 348 g/mol. The molecule has 0 radical (unpaired) electrons. The maximum Gasteiger partial charge on any atom is 0.321 e. The zero-order valence-corrected chi connectivity index (χ0v) is 15.1. The molecular formula is C24H18N2O2. The van der Waals surface area contributed by atoms with Gasteiger partial charge in [-0.1, -0.05) is 60.7 Å². The quantitative estimate of drug-likeness (QED) is 0.525. The van der Waals surface area contributed by atoms with Crippen LogP contribution in [0.5, 0.6) is 0 Å². The Hall–Kier alpha value is -3.84. The van der Waals surface area contributed by atoms with Crippen LogP contribution < -0.4 is 4.90 Å². The molecule has 0 spiro atoms. The van der Waals surface area contributed by atoms with E-state index in [0.29, 0.717) is 0 Å². The molecule has 4 heteroatoms. The van der Waals surface area contributed by atoms with Gasteiger partial charge >= 0.3 is 5.97 Å². The number of carbonyl (C=O) groups is 1. The monoisotopic (exact) mass is 366 g/mol. The topological polar surface area (TPSA) is 64.3 Å². The number of nitrogens with zero attached hydrogens (tertiary/aromatic N) is 2. The highest BCUT2D eigenvalue weighted by molar-refractivity contribution is 5.93. The molecule has 4 rings (SSSR count). The van der Waals surface area contributed by atoms with Crippen LogP contribution in [0.2, 0.25) is 0 Å². The van der Waals surface area contributed by atoms with E-state index < -0.39 is 11.9 Å². The van der Waals surface area contributed by atoms with Crippen LogP contribution in [-0.4, -0.2) is 11.1 Å². The van der Waals surface area contributed by atoms with Gasteiger partial charge in [-0.2, -0.15) is 5.26 Å². The van der Waals surface area contributed by atoms with E-state index in [0.717, 1.165) is 33.8 Å². The summed E-state index contributed by atoms with van der Waals surface area (Å²) in [6.07, 6.45) is 4.43. The number of carboxylic acid groups (broad SMARTS) is 1. The molecule has 1 heterocycles. The number of benzene rings is 3. The zero-order valence-electron chi connectivity index (χ0n) is 15.1. The number of para-hydroxylation sites is 2. The molecule has 0 amide bonds. The molecule has 4 nitrogen and oxygen atoms in total. The molecule has 3 aromatic rings. The van der Waals surface area contributed by atoms with Crippen molar-refractivity contribution >= 4 is 35.2 Å². The first-order valence-corrected chi connectivity index (χ1v) is 9.05. The SMILES string of the molecule is N#CC(Cc1ccc(N2c3ccccc3C=Cc3ccccc32)cc1)C(=O)O. The molecule has 136 valence electrons. The Bertz CT molecular complexity index is 1040. The van der Waals surface area contributed by atoms with E-state index in [2.05, 4.69) is 41.3 Å². The largest absolute Gasteiger partial charge is 0.480 e. The van der Waals surface area contributed by atoms with Crippen molar-refractivity contribution in [3.63, 3.8) is 0 Å². The molecule has 1 aliphatic rings. The molecule has 0 saturated carbocycles. The van der Waals surface area contributed by atoms with Crippen molar-refractivity contribution < 1.29 is 9.90 Å². The molecule has 1 aliphatic heterocycles. The number of hydrogen-bond donors (Lipinski definition) is 1. The van der Waals surface area contributed by atoms with E-state index in [1.165, 1.54) is 0 Å². The standard InChI is InChI=1S/C24H18N2O2/c25-16-20(24(27)28)15-17-9-13-21(14-10-17)26-22-7-3-1-5-18(22)11-12-19-6-2-4-8-23(19)26/h1-14,20H,15H2,(H,27,28). The third-order valence-electron chi connectivity index (χ3n) is 4.89. The first kappa shape index (κ1) is 17.6. The smallest absolute Gasteiger partial charge is 0.321 e. The summed E-state index contributed by atoms with van der Waals surface area (Å²) in [4.78, 5) is 13.3. The van der Waals surface area contributed by atoms with Gasteiger partial charge in [0.1, 0.15) is 5.92 Å². The van der Waals surface area contributed by atoms with Gasteiger partial charge in [0.15, 0.2) is 0 Å². The number of aliphatic carboxylic acids is 1. The van der Waals surface area contributed by atoms with Crippen molar-refractivity contribution in [2.45, 2.75) is 6.42 Å². The van der Waals surface area contributed by atoms with Gasteiger partial charge in [0, 0.05) is 5.69 Å². The minimum atomic E-state index is -1.09. The lowest BCUT2D eigenvalue weighted by Crippen LogP contribution is -2.14. The highest BCUT2D eigenvalue weighted by atomic mass is 16.4. The van der Waals surface area contributed by atoms with Crippen molar-refractivity contribution in [3.8, 4) is 6.07 Å². The number of rotatable bonds is 4. The normalized spacial score (nSPS) is 13.0. The summed E-state index contributed by atoms with van der Waals surface area (Å²) in [6, 6.07) is 26.0. The average molecular weight is 366 g/mol. The van der Waals surface area contributed by atoms with E-state index in [4.69, 9.17) is 10.4 Å². The molecule has 0 bridgehead atoms. The van der Waals surface area contributed by atoms with Gasteiger partial charge in [-0.15, -0.1) is 0 Å². The highest BCUT2D eigenvalue weighted by Gasteiger charge is 2.20. The number of fused-ring (bicyclic) bond motifs is 2. The van der Waals surface area contributed by atoms with Gasteiger partial charge in [-0.25, -0.2) is 0 Å². The first-order valence-electron chi connectivity index (χ1n) is 9.05. The molecule has 1 atom stereocenters. The summed E-state index contributed by atoms with van der Waals surface area (Å²) < 4.78 is 0. The summed E-state index contributed by atoms with van der Waals surface area (Å²) in [5, 5.41) is 18.1. The lowest BCUT2D eigenvalue weighted by Gasteiger charge is -2.27. The van der Waals surface area contributed by atoms with Gasteiger partial charge in [-0.3, -0.25) is 4.79 Å². The van der Waals surface area contributed by atoms with Crippen LogP contribution in [0.15, 0.2) is 72.8 Å². The summed E-state index contributed by atoms with van der Waals surface area (Å²) in [5.41, 5.74) is 6.22. The Kier molecular flexibility index (Phi) is 4.65. The number of carboxylic acids is 1. The maximum absolute atomic E-state index is 11.1. The summed E-state index contributed by atoms with van der Waals surface area (Å²) in [6.45, 7) is 0. The second-order valence-corrected chi connectivity index (χ2v) is 6.68. The maximum atomic E-state index is 11.1. The minimum absolute atomic E-state index is 0.195. The molecule has 1 unspecified atom stereocenters. The Morgan fingerprint density at radius 3 is 1.93 bits per heavy atom. The van der Waals surface area contributed by atoms with Crippen molar-refractivity contribution in [1.82, 2.24) is 0 Å². The van der Waals surface area contributed by atoms with E-state index in [1.807, 2.05) is 54.6 Å². The van der Waals surface area contributed by atoms with Crippen LogP contribution >= 0.6 is 0 Å². The van der Waals surface area contributed by atoms with Gasteiger partial charge < -0.3 is 10.0 Å². The van der Waals surface area contributed by atoms with Crippen LogP contribution in [0.1, 0.15) is 16.7 Å². The van der Waals surface area contributed by atoms with Crippen LogP contribution in [0.25, 0.3) is 12.2 Å². The zero-order chi connectivity index (χ0) is 19.5. The van der Waals surface area contributed by atoms with E-state index >= 15 is 0 Å². The van der Waals surface area contributed by atoms with Crippen LogP contribution in [0, 0.1) is 17.2 Å². The minimum Gasteiger partial charge on any atom is -0.480 e. The number of nitriles is 1. The molecule has 0 saturated heterocycles. The predicted octanol–water partition coefficient (Wildman–Crippen LogP) is 5.41. The fourth-order valence-corrected chi connectivity index (χ4v) is 3.46. The summed E-state index contributed by atoms with van der Waals surface area (Å²) in [7, 11) is 0. The average Bonchev–Trinajstić information content (AvgIpc) is 2.89. The number of anilines is 3. The second-order valence-electron chi connectivity index (χ2n) is 6.68. The molecule has 28 heavy (non-hydrogen) atoms. The summed E-state index contributed by atoms with van der Waals surface area (Å²) >= 11 is 0. The Morgan fingerprint density at radius 1 is 0.893 bits per heavy atom. The lowest BCUT2D eigenvalue weighted by atomic mass is 10.0. The Labute approximate surface area is 163 Å². The number of hydrogen-bond acceptors (Lipinski definition) is 3. The van der Waals surface area contributed by atoms with Crippen molar-refractivity contribution in [2.24, 2.45) is 5.92 Å². The Morgan fingerprint density at radius 2 is 1.43 bits per heavy atom. The third-order valence-corrected chi connectivity index (χ3v) is 4.89. The fraction of sp³-hybridized carbons (Fsp3) is 0.0833.